The fraction of sp³-hybridized carbons (Fsp3) is 0.417. The summed E-state index contributed by atoms with van der Waals surface area (Å²) in [5.74, 6) is -0.619. The third kappa shape index (κ3) is 4.40. The molecule has 0 radical (unpaired) electrons. The smallest absolute Gasteiger partial charge is 0.310 e. The van der Waals surface area contributed by atoms with Gasteiger partial charge in [0.05, 0.1) is 11.5 Å². The lowest BCUT2D eigenvalue weighted by Crippen LogP contribution is -2.02. The van der Waals surface area contributed by atoms with Crippen LogP contribution in [0, 0.1) is 17.0 Å². The first kappa shape index (κ1) is 14.0. The molecule has 1 N–H and O–H groups in total. The quantitative estimate of drug-likeness (QED) is 0.458. The van der Waals surface area contributed by atoms with Crippen molar-refractivity contribution < 1.29 is 19.6 Å². The summed E-state index contributed by atoms with van der Waals surface area (Å²) >= 11 is 0. The van der Waals surface area contributed by atoms with Gasteiger partial charge in [-0.1, -0.05) is 6.07 Å². The molecule has 0 saturated carbocycles. The summed E-state index contributed by atoms with van der Waals surface area (Å²) < 4.78 is 5.33. The van der Waals surface area contributed by atoms with Crippen LogP contribution in [0.25, 0.3) is 0 Å². The van der Waals surface area contributed by atoms with Crippen molar-refractivity contribution in [3.8, 4) is 5.75 Å². The molecule has 1 rings (SSSR count). The molecule has 0 bridgehead atoms. The number of carboxylic acids is 1. The highest BCUT2D eigenvalue weighted by Crippen LogP contribution is 2.27. The number of nitro groups is 1. The first-order valence-electron chi connectivity index (χ1n) is 5.60. The number of unbranched alkanes of at least 4 members (excludes halogenated alkanes) is 1. The van der Waals surface area contributed by atoms with Crippen molar-refractivity contribution in [1.82, 2.24) is 0 Å². The Balaban J connectivity index is 2.53. The summed E-state index contributed by atoms with van der Waals surface area (Å²) in [5, 5.41) is 19.2. The van der Waals surface area contributed by atoms with Gasteiger partial charge in [0.2, 0.25) is 0 Å². The van der Waals surface area contributed by atoms with Crippen LogP contribution >= 0.6 is 0 Å². The van der Waals surface area contributed by atoms with E-state index in [2.05, 4.69) is 0 Å². The highest BCUT2D eigenvalue weighted by molar-refractivity contribution is 5.66. The molecule has 0 spiro atoms. The number of aliphatic carboxylic acids is 1. The van der Waals surface area contributed by atoms with Crippen LogP contribution in [0.5, 0.6) is 5.75 Å². The molecule has 0 heterocycles. The first-order chi connectivity index (χ1) is 8.50. The Bertz CT molecular complexity index is 444. The monoisotopic (exact) mass is 253 g/mol. The molecule has 0 fully saturated rings. The maximum Gasteiger partial charge on any atom is 0.310 e. The fourth-order valence-corrected chi connectivity index (χ4v) is 1.45. The maximum absolute atomic E-state index is 10.8. The predicted molar refractivity (Wildman–Crippen MR) is 64.8 cm³/mol. The Morgan fingerprint density at radius 2 is 2.17 bits per heavy atom. The summed E-state index contributed by atoms with van der Waals surface area (Å²) in [7, 11) is 0. The number of hydrogen-bond acceptors (Lipinski definition) is 4. The summed E-state index contributed by atoms with van der Waals surface area (Å²) in [6.07, 6.45) is 1.13. The van der Waals surface area contributed by atoms with E-state index in [0.717, 1.165) is 5.56 Å². The normalized spacial score (nSPS) is 10.1. The average molecular weight is 253 g/mol. The Morgan fingerprint density at radius 3 is 2.78 bits per heavy atom. The number of carboxylic acid groups (broad SMARTS) is 1. The van der Waals surface area contributed by atoms with Crippen LogP contribution in [0.1, 0.15) is 24.8 Å². The van der Waals surface area contributed by atoms with Gasteiger partial charge in [0, 0.05) is 12.5 Å². The molecule has 6 nitrogen and oxygen atoms in total. The highest BCUT2D eigenvalue weighted by Gasteiger charge is 2.14. The molecule has 0 saturated heterocycles. The maximum atomic E-state index is 10.8. The number of carbonyl (C=O) groups is 1. The van der Waals surface area contributed by atoms with E-state index in [0.29, 0.717) is 12.8 Å². The molecule has 0 aliphatic carbocycles. The Kier molecular flexibility index (Phi) is 5.10. The topological polar surface area (TPSA) is 89.7 Å². The standard InChI is InChI=1S/C12H15NO5/c1-9-5-6-10(13(16)17)11(8-9)18-7-3-2-4-12(14)15/h5-6,8H,2-4,7H2,1H3,(H,14,15). The van der Waals surface area contributed by atoms with Crippen LogP contribution in [0.15, 0.2) is 18.2 Å². The summed E-state index contributed by atoms with van der Waals surface area (Å²) in [4.78, 5) is 20.6. The lowest BCUT2D eigenvalue weighted by atomic mass is 10.2. The van der Waals surface area contributed by atoms with Crippen LogP contribution in [-0.4, -0.2) is 22.6 Å². The van der Waals surface area contributed by atoms with Gasteiger partial charge in [0.15, 0.2) is 5.75 Å². The van der Waals surface area contributed by atoms with Gasteiger partial charge in [-0.2, -0.15) is 0 Å². The van der Waals surface area contributed by atoms with Gasteiger partial charge in [-0.15, -0.1) is 0 Å². The van der Waals surface area contributed by atoms with Crippen molar-refractivity contribution in [3.63, 3.8) is 0 Å². The molecule has 0 amide bonds. The molecule has 6 heteroatoms. The second-order valence-corrected chi connectivity index (χ2v) is 3.93. The SMILES string of the molecule is Cc1ccc([N+](=O)[O-])c(OCCCCC(=O)O)c1. The zero-order chi connectivity index (χ0) is 13.5. The number of benzene rings is 1. The van der Waals surface area contributed by atoms with Gasteiger partial charge in [0.1, 0.15) is 0 Å². The van der Waals surface area contributed by atoms with E-state index in [1.807, 2.05) is 6.92 Å². The average Bonchev–Trinajstić information content (AvgIpc) is 2.27. The summed E-state index contributed by atoms with van der Waals surface area (Å²) in [6, 6.07) is 4.66. The minimum absolute atomic E-state index is 0.0705. The van der Waals surface area contributed by atoms with E-state index in [9.17, 15) is 14.9 Å². The molecule has 0 unspecified atom stereocenters. The number of nitrogens with zero attached hydrogens (tertiary/aromatic N) is 1. The van der Waals surface area contributed by atoms with Crippen LogP contribution < -0.4 is 4.74 Å². The van der Waals surface area contributed by atoms with E-state index in [1.54, 1.807) is 12.1 Å². The van der Waals surface area contributed by atoms with Gasteiger partial charge >= 0.3 is 11.7 Å². The third-order valence-corrected chi connectivity index (χ3v) is 2.35. The minimum atomic E-state index is -0.850. The van der Waals surface area contributed by atoms with Crippen molar-refractivity contribution in [1.29, 1.82) is 0 Å². The van der Waals surface area contributed by atoms with Gasteiger partial charge in [-0.3, -0.25) is 14.9 Å². The molecule has 98 valence electrons. The lowest BCUT2D eigenvalue weighted by molar-refractivity contribution is -0.385. The number of rotatable bonds is 7. The van der Waals surface area contributed by atoms with Gasteiger partial charge in [0.25, 0.3) is 0 Å². The number of nitro benzene ring substituents is 1. The number of aryl methyl sites for hydroxylation is 1. The molecule has 0 aliphatic rings. The van der Waals surface area contributed by atoms with Crippen molar-refractivity contribution in [2.45, 2.75) is 26.2 Å². The second-order valence-electron chi connectivity index (χ2n) is 3.93. The van der Waals surface area contributed by atoms with E-state index >= 15 is 0 Å². The van der Waals surface area contributed by atoms with E-state index in [4.69, 9.17) is 9.84 Å². The molecular weight excluding hydrogens is 238 g/mol. The zero-order valence-corrected chi connectivity index (χ0v) is 10.1. The number of ether oxygens (including phenoxy) is 1. The number of hydrogen-bond donors (Lipinski definition) is 1. The largest absolute Gasteiger partial charge is 0.487 e. The molecular formula is C12H15NO5. The van der Waals surface area contributed by atoms with E-state index < -0.39 is 10.9 Å². The molecule has 0 aromatic heterocycles. The third-order valence-electron chi connectivity index (χ3n) is 2.35. The van der Waals surface area contributed by atoms with Crippen molar-refractivity contribution in [2.24, 2.45) is 0 Å². The predicted octanol–water partition coefficient (Wildman–Crippen LogP) is 2.54. The van der Waals surface area contributed by atoms with Gasteiger partial charge < -0.3 is 9.84 Å². The van der Waals surface area contributed by atoms with Crippen molar-refractivity contribution >= 4 is 11.7 Å². The van der Waals surface area contributed by atoms with Crippen LogP contribution in [-0.2, 0) is 4.79 Å². The first-order valence-corrected chi connectivity index (χ1v) is 5.60. The van der Waals surface area contributed by atoms with Crippen LogP contribution in [0.2, 0.25) is 0 Å². The summed E-state index contributed by atoms with van der Waals surface area (Å²) in [5.41, 5.74) is 0.806. The van der Waals surface area contributed by atoms with Crippen LogP contribution in [0.3, 0.4) is 0 Å². The van der Waals surface area contributed by atoms with E-state index in [-0.39, 0.29) is 24.5 Å². The Labute approximate surface area is 104 Å². The molecule has 0 aliphatic heterocycles. The minimum Gasteiger partial charge on any atom is -0.487 e. The fourth-order valence-electron chi connectivity index (χ4n) is 1.45. The van der Waals surface area contributed by atoms with Crippen LogP contribution in [0.4, 0.5) is 5.69 Å². The Hall–Kier alpha value is -2.11. The molecule has 18 heavy (non-hydrogen) atoms. The summed E-state index contributed by atoms with van der Waals surface area (Å²) in [6.45, 7) is 2.10. The van der Waals surface area contributed by atoms with Gasteiger partial charge in [-0.25, -0.2) is 0 Å². The molecule has 0 atom stereocenters. The highest BCUT2D eigenvalue weighted by atomic mass is 16.6. The van der Waals surface area contributed by atoms with Crippen molar-refractivity contribution in [2.75, 3.05) is 6.61 Å². The van der Waals surface area contributed by atoms with Crippen molar-refractivity contribution in [3.05, 3.63) is 33.9 Å². The zero-order valence-electron chi connectivity index (χ0n) is 10.1. The van der Waals surface area contributed by atoms with E-state index in [1.165, 1.54) is 6.07 Å². The molecule has 1 aromatic rings. The second kappa shape index (κ2) is 6.58. The lowest BCUT2D eigenvalue weighted by Gasteiger charge is -2.07. The van der Waals surface area contributed by atoms with Gasteiger partial charge in [-0.05, 0) is 31.4 Å². The molecule has 1 aromatic carbocycles. The Morgan fingerprint density at radius 1 is 1.44 bits per heavy atom.